The highest BCUT2D eigenvalue weighted by molar-refractivity contribution is 7.99. The van der Waals surface area contributed by atoms with E-state index in [1.54, 1.807) is 16.7 Å². The number of rotatable bonds is 9. The molecule has 2 aromatic carbocycles. The van der Waals surface area contributed by atoms with Gasteiger partial charge in [0.1, 0.15) is 0 Å². The van der Waals surface area contributed by atoms with Crippen molar-refractivity contribution < 1.29 is 19.5 Å². The van der Waals surface area contributed by atoms with Crippen molar-refractivity contribution in [3.05, 3.63) is 69.5 Å². The molecular formula is C21H19Cl2N5O4S. The van der Waals surface area contributed by atoms with Gasteiger partial charge in [0.2, 0.25) is 5.91 Å². The van der Waals surface area contributed by atoms with Crippen LogP contribution in [0.15, 0.2) is 47.6 Å². The minimum absolute atomic E-state index is 0.0778. The summed E-state index contributed by atoms with van der Waals surface area (Å²) in [5.41, 5.74) is 1.00. The number of amides is 2. The van der Waals surface area contributed by atoms with Gasteiger partial charge >= 0.3 is 5.97 Å². The van der Waals surface area contributed by atoms with E-state index in [4.69, 9.17) is 28.3 Å². The zero-order chi connectivity index (χ0) is 24.0. The standard InChI is InChI=1S/C21H19Cl2N5O4S/c1-2-28-17(10-24-19(30)13-5-8-15(22)16(23)9-13)26-27-21(28)33-11-18(29)25-14-6-3-12(4-7-14)20(31)32/h3-9H,2,10-11H2,1H3,(H,24,30)(H,25,29)(H,31,32). The third kappa shape index (κ3) is 6.47. The van der Waals surface area contributed by atoms with E-state index in [1.165, 1.54) is 42.1 Å². The molecule has 3 rings (SSSR count). The first-order chi connectivity index (χ1) is 15.8. The molecule has 12 heteroatoms. The predicted octanol–water partition coefficient (Wildman–Crippen LogP) is 3.96. The number of aromatic nitrogens is 3. The Morgan fingerprint density at radius 1 is 1.03 bits per heavy atom. The number of carboxylic acids is 1. The smallest absolute Gasteiger partial charge is 0.335 e. The van der Waals surface area contributed by atoms with Crippen LogP contribution < -0.4 is 10.6 Å². The number of thioether (sulfide) groups is 1. The van der Waals surface area contributed by atoms with Gasteiger partial charge in [-0.1, -0.05) is 35.0 Å². The van der Waals surface area contributed by atoms with Crippen molar-refractivity contribution in [1.82, 2.24) is 20.1 Å². The molecule has 0 aliphatic carbocycles. The van der Waals surface area contributed by atoms with Crippen molar-refractivity contribution >= 4 is 58.4 Å². The largest absolute Gasteiger partial charge is 0.478 e. The quantitative estimate of drug-likeness (QED) is 0.374. The number of hydrogen-bond acceptors (Lipinski definition) is 6. The van der Waals surface area contributed by atoms with E-state index >= 15 is 0 Å². The summed E-state index contributed by atoms with van der Waals surface area (Å²) < 4.78 is 1.80. The Kier molecular flexibility index (Phi) is 8.32. The van der Waals surface area contributed by atoms with Gasteiger partial charge in [-0.3, -0.25) is 9.59 Å². The predicted molar refractivity (Wildman–Crippen MR) is 126 cm³/mol. The average molecular weight is 508 g/mol. The summed E-state index contributed by atoms with van der Waals surface area (Å²) in [7, 11) is 0. The third-order valence-electron chi connectivity index (χ3n) is 4.45. The summed E-state index contributed by atoms with van der Waals surface area (Å²) in [4.78, 5) is 35.5. The summed E-state index contributed by atoms with van der Waals surface area (Å²) in [6.07, 6.45) is 0. The molecule has 1 heterocycles. The second-order valence-electron chi connectivity index (χ2n) is 6.67. The van der Waals surface area contributed by atoms with Gasteiger partial charge in [-0.05, 0) is 49.4 Å². The van der Waals surface area contributed by atoms with Gasteiger partial charge < -0.3 is 20.3 Å². The van der Waals surface area contributed by atoms with Crippen LogP contribution in [0.4, 0.5) is 5.69 Å². The van der Waals surface area contributed by atoms with Crippen molar-refractivity contribution in [2.45, 2.75) is 25.2 Å². The maximum Gasteiger partial charge on any atom is 0.335 e. The van der Waals surface area contributed by atoms with Crippen LogP contribution in [-0.2, 0) is 17.9 Å². The van der Waals surface area contributed by atoms with Gasteiger partial charge in [0.05, 0.1) is 27.9 Å². The molecule has 2 amide bonds. The van der Waals surface area contributed by atoms with Crippen molar-refractivity contribution in [2.75, 3.05) is 11.1 Å². The summed E-state index contributed by atoms with van der Waals surface area (Å²) in [5, 5.41) is 23.8. The van der Waals surface area contributed by atoms with Crippen molar-refractivity contribution in [2.24, 2.45) is 0 Å². The van der Waals surface area contributed by atoms with Crippen molar-refractivity contribution in [3.63, 3.8) is 0 Å². The van der Waals surface area contributed by atoms with E-state index in [2.05, 4.69) is 20.8 Å². The molecule has 3 aromatic rings. The number of anilines is 1. The van der Waals surface area contributed by atoms with Gasteiger partial charge in [0.15, 0.2) is 11.0 Å². The maximum absolute atomic E-state index is 12.4. The fourth-order valence-corrected chi connectivity index (χ4v) is 3.92. The number of aromatic carboxylic acids is 1. The molecule has 9 nitrogen and oxygen atoms in total. The maximum atomic E-state index is 12.4. The number of carbonyl (C=O) groups excluding carboxylic acids is 2. The summed E-state index contributed by atoms with van der Waals surface area (Å²) >= 11 is 13.0. The number of hydrogen-bond donors (Lipinski definition) is 3. The summed E-state index contributed by atoms with van der Waals surface area (Å²) in [5.74, 6) is -1.02. The highest BCUT2D eigenvalue weighted by atomic mass is 35.5. The first-order valence-electron chi connectivity index (χ1n) is 9.69. The van der Waals surface area contributed by atoms with Gasteiger partial charge in [-0.15, -0.1) is 10.2 Å². The monoisotopic (exact) mass is 507 g/mol. The molecule has 3 N–H and O–H groups in total. The molecular weight excluding hydrogens is 489 g/mol. The minimum Gasteiger partial charge on any atom is -0.478 e. The number of benzene rings is 2. The van der Waals surface area contributed by atoms with E-state index in [1.807, 2.05) is 6.92 Å². The van der Waals surface area contributed by atoms with Crippen LogP contribution >= 0.6 is 35.0 Å². The van der Waals surface area contributed by atoms with Gasteiger partial charge in [-0.2, -0.15) is 0 Å². The summed E-state index contributed by atoms with van der Waals surface area (Å²) in [6, 6.07) is 10.5. The molecule has 0 saturated heterocycles. The molecule has 0 aliphatic heterocycles. The Balaban J connectivity index is 1.56. The SMILES string of the molecule is CCn1c(CNC(=O)c2ccc(Cl)c(Cl)c2)nnc1SCC(=O)Nc1ccc(C(=O)O)cc1. The lowest BCUT2D eigenvalue weighted by atomic mass is 10.2. The molecule has 0 fully saturated rings. The first kappa shape index (κ1) is 24.6. The van der Waals surface area contributed by atoms with E-state index in [0.29, 0.717) is 33.8 Å². The Labute approximate surface area is 203 Å². The summed E-state index contributed by atoms with van der Waals surface area (Å²) in [6.45, 7) is 2.59. The number of carbonyl (C=O) groups is 3. The lowest BCUT2D eigenvalue weighted by Crippen LogP contribution is -2.24. The Morgan fingerprint density at radius 3 is 2.36 bits per heavy atom. The molecule has 0 radical (unpaired) electrons. The number of halogens is 2. The normalized spacial score (nSPS) is 10.6. The highest BCUT2D eigenvalue weighted by Crippen LogP contribution is 2.23. The number of carboxylic acid groups (broad SMARTS) is 1. The third-order valence-corrected chi connectivity index (χ3v) is 6.15. The number of nitrogens with zero attached hydrogens (tertiary/aromatic N) is 3. The van der Waals surface area contributed by atoms with Gasteiger partial charge in [0, 0.05) is 17.8 Å². The second kappa shape index (κ2) is 11.2. The molecule has 1 aromatic heterocycles. The first-order valence-corrected chi connectivity index (χ1v) is 11.4. The number of nitrogens with one attached hydrogen (secondary N) is 2. The molecule has 0 saturated carbocycles. The minimum atomic E-state index is -1.04. The fourth-order valence-electron chi connectivity index (χ4n) is 2.80. The van der Waals surface area contributed by atoms with Crippen LogP contribution in [-0.4, -0.2) is 43.4 Å². The van der Waals surface area contributed by atoms with Gasteiger partial charge in [0.25, 0.3) is 5.91 Å². The Morgan fingerprint density at radius 2 is 1.73 bits per heavy atom. The van der Waals surface area contributed by atoms with Crippen LogP contribution in [0.25, 0.3) is 0 Å². The van der Waals surface area contributed by atoms with Gasteiger partial charge in [-0.25, -0.2) is 4.79 Å². The topological polar surface area (TPSA) is 126 Å². The molecule has 0 spiro atoms. The van der Waals surface area contributed by atoms with E-state index in [9.17, 15) is 14.4 Å². The van der Waals surface area contributed by atoms with Crippen molar-refractivity contribution in [3.8, 4) is 0 Å². The Hall–Kier alpha value is -3.08. The fraction of sp³-hybridized carbons (Fsp3) is 0.190. The average Bonchev–Trinajstić information content (AvgIpc) is 3.20. The second-order valence-corrected chi connectivity index (χ2v) is 8.43. The van der Waals surface area contributed by atoms with Crippen LogP contribution in [0.5, 0.6) is 0 Å². The lowest BCUT2D eigenvalue weighted by molar-refractivity contribution is -0.113. The zero-order valence-electron chi connectivity index (χ0n) is 17.3. The molecule has 0 bridgehead atoms. The molecule has 172 valence electrons. The molecule has 0 unspecified atom stereocenters. The molecule has 0 atom stereocenters. The highest BCUT2D eigenvalue weighted by Gasteiger charge is 2.15. The van der Waals surface area contributed by atoms with E-state index in [0.717, 1.165) is 0 Å². The van der Waals surface area contributed by atoms with Crippen LogP contribution in [0.2, 0.25) is 10.0 Å². The molecule has 0 aliphatic rings. The van der Waals surface area contributed by atoms with Crippen LogP contribution in [0, 0.1) is 0 Å². The van der Waals surface area contributed by atoms with Crippen molar-refractivity contribution in [1.29, 1.82) is 0 Å². The van der Waals surface area contributed by atoms with Crippen LogP contribution in [0.1, 0.15) is 33.5 Å². The molecule has 33 heavy (non-hydrogen) atoms. The van der Waals surface area contributed by atoms with E-state index < -0.39 is 5.97 Å². The lowest BCUT2D eigenvalue weighted by Gasteiger charge is -2.09. The zero-order valence-corrected chi connectivity index (χ0v) is 19.7. The Bertz CT molecular complexity index is 1180. The van der Waals surface area contributed by atoms with Crippen LogP contribution in [0.3, 0.4) is 0 Å². The van der Waals surface area contributed by atoms with E-state index in [-0.39, 0.29) is 34.7 Å².